The van der Waals surface area contributed by atoms with Crippen molar-refractivity contribution in [2.75, 3.05) is 18.0 Å². The van der Waals surface area contributed by atoms with E-state index in [2.05, 4.69) is 23.7 Å². The predicted molar refractivity (Wildman–Crippen MR) is 96.7 cm³/mol. The molecule has 2 aromatic rings. The van der Waals surface area contributed by atoms with Crippen LogP contribution in [0, 0.1) is 12.7 Å². The van der Waals surface area contributed by atoms with Gasteiger partial charge in [0.1, 0.15) is 5.82 Å². The van der Waals surface area contributed by atoms with E-state index in [4.69, 9.17) is 4.42 Å². The van der Waals surface area contributed by atoms with Crippen molar-refractivity contribution in [2.45, 2.75) is 51.1 Å². The molecule has 0 bridgehead atoms. The highest BCUT2D eigenvalue weighted by Crippen LogP contribution is 2.47. The van der Waals surface area contributed by atoms with Crippen molar-refractivity contribution >= 4 is 11.6 Å². The SMILES string of the molecule is Cc1ncoc1C(=O)N1CCCC12CN(c1cccc(F)c1)C(C)(C)C2. The number of hydrogen-bond acceptors (Lipinski definition) is 4. The van der Waals surface area contributed by atoms with Crippen molar-refractivity contribution in [1.82, 2.24) is 9.88 Å². The number of hydrogen-bond donors (Lipinski definition) is 0. The van der Waals surface area contributed by atoms with Crippen molar-refractivity contribution in [3.8, 4) is 0 Å². The highest BCUT2D eigenvalue weighted by molar-refractivity contribution is 5.93. The van der Waals surface area contributed by atoms with E-state index in [1.54, 1.807) is 19.1 Å². The second kappa shape index (κ2) is 5.83. The smallest absolute Gasteiger partial charge is 0.292 e. The molecule has 0 N–H and O–H groups in total. The van der Waals surface area contributed by atoms with E-state index in [1.165, 1.54) is 12.5 Å². The number of carbonyl (C=O) groups is 1. The Bertz CT molecular complexity index is 847. The predicted octanol–water partition coefficient (Wildman–Crippen LogP) is 3.79. The van der Waals surface area contributed by atoms with E-state index >= 15 is 0 Å². The van der Waals surface area contributed by atoms with Crippen LogP contribution in [0.1, 0.15) is 49.4 Å². The lowest BCUT2D eigenvalue weighted by molar-refractivity contribution is 0.0583. The highest BCUT2D eigenvalue weighted by atomic mass is 19.1. The number of oxazole rings is 1. The van der Waals surface area contributed by atoms with E-state index in [0.29, 0.717) is 24.5 Å². The summed E-state index contributed by atoms with van der Waals surface area (Å²) in [4.78, 5) is 21.4. The zero-order valence-electron chi connectivity index (χ0n) is 15.5. The summed E-state index contributed by atoms with van der Waals surface area (Å²) in [6.07, 6.45) is 4.07. The number of benzene rings is 1. The minimum Gasteiger partial charge on any atom is -0.438 e. The molecule has 2 aliphatic heterocycles. The number of aryl methyl sites for hydroxylation is 1. The third kappa shape index (κ3) is 2.59. The second-order valence-corrected chi connectivity index (χ2v) is 8.11. The van der Waals surface area contributed by atoms with Gasteiger partial charge in [-0.3, -0.25) is 4.79 Å². The van der Waals surface area contributed by atoms with Crippen molar-refractivity contribution in [3.05, 3.63) is 47.9 Å². The maximum Gasteiger partial charge on any atom is 0.292 e. The molecule has 3 heterocycles. The molecule has 0 saturated carbocycles. The van der Waals surface area contributed by atoms with Crippen LogP contribution >= 0.6 is 0 Å². The van der Waals surface area contributed by atoms with Gasteiger partial charge in [-0.15, -0.1) is 0 Å². The maximum absolute atomic E-state index is 13.8. The summed E-state index contributed by atoms with van der Waals surface area (Å²) in [5, 5.41) is 0. The fourth-order valence-corrected chi connectivity index (χ4v) is 4.78. The van der Waals surface area contributed by atoms with Crippen LogP contribution in [0.2, 0.25) is 0 Å². The van der Waals surface area contributed by atoms with Gasteiger partial charge in [0, 0.05) is 24.3 Å². The number of anilines is 1. The van der Waals surface area contributed by atoms with E-state index in [-0.39, 0.29) is 22.8 Å². The Morgan fingerprint density at radius 3 is 2.85 bits per heavy atom. The van der Waals surface area contributed by atoms with Crippen LogP contribution in [-0.4, -0.2) is 40.0 Å². The first-order valence-corrected chi connectivity index (χ1v) is 9.08. The molecule has 1 amide bonds. The molecule has 2 fully saturated rings. The molecule has 1 aromatic heterocycles. The fourth-order valence-electron chi connectivity index (χ4n) is 4.78. The quantitative estimate of drug-likeness (QED) is 0.821. The van der Waals surface area contributed by atoms with Crippen LogP contribution in [0.15, 0.2) is 35.1 Å². The Morgan fingerprint density at radius 2 is 2.15 bits per heavy atom. The number of halogens is 1. The van der Waals surface area contributed by atoms with Gasteiger partial charge < -0.3 is 14.2 Å². The van der Waals surface area contributed by atoms with E-state index in [9.17, 15) is 9.18 Å². The van der Waals surface area contributed by atoms with E-state index in [0.717, 1.165) is 24.9 Å². The number of amides is 1. The first-order chi connectivity index (χ1) is 12.3. The number of aromatic nitrogens is 1. The van der Waals surface area contributed by atoms with Crippen LogP contribution < -0.4 is 4.90 Å². The summed E-state index contributed by atoms with van der Waals surface area (Å²) < 4.78 is 19.1. The van der Waals surface area contributed by atoms with E-state index in [1.807, 2.05) is 11.0 Å². The third-order valence-corrected chi connectivity index (χ3v) is 5.85. The molecule has 2 aliphatic rings. The molecule has 2 saturated heterocycles. The minimum atomic E-state index is -0.258. The van der Waals surface area contributed by atoms with Gasteiger partial charge >= 0.3 is 0 Å². The first-order valence-electron chi connectivity index (χ1n) is 9.08. The molecule has 1 atom stereocenters. The molecular weight excluding hydrogens is 333 g/mol. The normalized spacial score (nSPS) is 24.6. The lowest BCUT2D eigenvalue weighted by Crippen LogP contribution is -2.49. The molecule has 1 spiro atoms. The molecule has 0 radical (unpaired) electrons. The van der Waals surface area contributed by atoms with Crippen molar-refractivity contribution in [1.29, 1.82) is 0 Å². The minimum absolute atomic E-state index is 0.0885. The number of rotatable bonds is 2. The Kier molecular flexibility index (Phi) is 3.82. The standard InChI is InChI=1S/C20H24FN3O2/c1-14-17(26-13-22-14)18(25)23-9-5-8-20(23)11-19(2,3)24(12-20)16-7-4-6-15(21)10-16/h4,6-7,10,13H,5,8-9,11-12H2,1-3H3. The number of likely N-dealkylation sites (tertiary alicyclic amines) is 1. The lowest BCUT2D eigenvalue weighted by Gasteiger charge is -2.34. The topological polar surface area (TPSA) is 49.6 Å². The summed E-state index contributed by atoms with van der Waals surface area (Å²) in [5.41, 5.74) is 1.05. The zero-order valence-corrected chi connectivity index (χ0v) is 15.5. The van der Waals surface area contributed by atoms with Crippen LogP contribution in [-0.2, 0) is 0 Å². The molecule has 4 rings (SSSR count). The molecule has 0 aliphatic carbocycles. The van der Waals surface area contributed by atoms with Crippen molar-refractivity contribution in [2.24, 2.45) is 0 Å². The second-order valence-electron chi connectivity index (χ2n) is 8.11. The summed E-state index contributed by atoms with van der Waals surface area (Å²) >= 11 is 0. The van der Waals surface area contributed by atoms with Gasteiger partial charge in [0.05, 0.1) is 11.2 Å². The molecule has 5 nitrogen and oxygen atoms in total. The Labute approximate surface area is 152 Å². The number of nitrogens with zero attached hydrogens (tertiary/aromatic N) is 3. The zero-order chi connectivity index (χ0) is 18.5. The molecule has 138 valence electrons. The van der Waals surface area contributed by atoms with Gasteiger partial charge in [0.25, 0.3) is 5.91 Å². The lowest BCUT2D eigenvalue weighted by atomic mass is 9.87. The Hall–Kier alpha value is -2.37. The fraction of sp³-hybridized carbons (Fsp3) is 0.500. The summed E-state index contributed by atoms with van der Waals surface area (Å²) in [6, 6.07) is 6.70. The summed E-state index contributed by atoms with van der Waals surface area (Å²) in [6.45, 7) is 7.52. The number of carbonyl (C=O) groups excluding carboxylic acids is 1. The molecule has 1 unspecified atom stereocenters. The van der Waals surface area contributed by atoms with Crippen molar-refractivity contribution in [3.63, 3.8) is 0 Å². The summed E-state index contributed by atoms with van der Waals surface area (Å²) in [5.74, 6) is -0.00133. The average molecular weight is 357 g/mol. The summed E-state index contributed by atoms with van der Waals surface area (Å²) in [7, 11) is 0. The van der Waals surface area contributed by atoms with Crippen molar-refractivity contribution < 1.29 is 13.6 Å². The van der Waals surface area contributed by atoms with Gasteiger partial charge in [-0.1, -0.05) is 6.07 Å². The monoisotopic (exact) mass is 357 g/mol. The van der Waals surface area contributed by atoms with Crippen LogP contribution in [0.5, 0.6) is 0 Å². The van der Waals surface area contributed by atoms with Gasteiger partial charge in [0.2, 0.25) is 5.76 Å². The first kappa shape index (κ1) is 17.1. The Balaban J connectivity index is 1.68. The van der Waals surface area contributed by atoms with Gasteiger partial charge in [-0.2, -0.15) is 0 Å². The molecule has 6 heteroatoms. The molecular formula is C20H24FN3O2. The Morgan fingerprint density at radius 1 is 1.35 bits per heavy atom. The van der Waals surface area contributed by atoms with Crippen LogP contribution in [0.4, 0.5) is 10.1 Å². The third-order valence-electron chi connectivity index (χ3n) is 5.85. The molecule has 26 heavy (non-hydrogen) atoms. The van der Waals surface area contributed by atoms with E-state index < -0.39 is 0 Å². The van der Waals surface area contributed by atoms with Gasteiger partial charge in [0.15, 0.2) is 6.39 Å². The highest BCUT2D eigenvalue weighted by Gasteiger charge is 2.55. The van der Waals surface area contributed by atoms with Crippen LogP contribution in [0.25, 0.3) is 0 Å². The van der Waals surface area contributed by atoms with Gasteiger partial charge in [-0.25, -0.2) is 9.37 Å². The maximum atomic E-state index is 13.8. The largest absolute Gasteiger partial charge is 0.438 e. The molecule has 1 aromatic carbocycles. The average Bonchev–Trinajstić information content (AvgIpc) is 3.24. The van der Waals surface area contributed by atoms with Gasteiger partial charge in [-0.05, 0) is 58.2 Å². The van der Waals surface area contributed by atoms with Crippen LogP contribution in [0.3, 0.4) is 0 Å².